The molecular formula is C14H17N5O4S. The second-order valence-corrected chi connectivity index (χ2v) is 7.02. The van der Waals surface area contributed by atoms with Crippen molar-refractivity contribution in [3.8, 4) is 5.75 Å². The standard InChI is InChI=1S/C14H17N5O4S/c1-19(2)24(21,22)11-8-9(4-5-10(11)23-3)18-14(20)12-13(15)17-7-6-16-12/h4-8H,1-3H3,(H2,15,17)(H,18,20). The van der Waals surface area contributed by atoms with Gasteiger partial charge in [-0.3, -0.25) is 4.79 Å². The number of hydrogen-bond donors (Lipinski definition) is 2. The summed E-state index contributed by atoms with van der Waals surface area (Å²) in [4.78, 5) is 19.8. The van der Waals surface area contributed by atoms with E-state index in [0.29, 0.717) is 0 Å². The number of anilines is 2. The number of carbonyl (C=O) groups excluding carboxylic acids is 1. The van der Waals surface area contributed by atoms with Crippen molar-refractivity contribution in [1.82, 2.24) is 14.3 Å². The van der Waals surface area contributed by atoms with Gasteiger partial charge in [0.05, 0.1) is 7.11 Å². The molecule has 0 aliphatic heterocycles. The predicted octanol–water partition coefficient (Wildman–Crippen LogP) is 0.570. The van der Waals surface area contributed by atoms with Crippen molar-refractivity contribution in [3.05, 3.63) is 36.3 Å². The Bertz CT molecular complexity index is 867. The van der Waals surface area contributed by atoms with Crippen LogP contribution in [0.25, 0.3) is 0 Å². The zero-order valence-electron chi connectivity index (χ0n) is 13.3. The van der Waals surface area contributed by atoms with Crippen LogP contribution in [-0.2, 0) is 10.0 Å². The van der Waals surface area contributed by atoms with E-state index in [9.17, 15) is 13.2 Å². The molecule has 24 heavy (non-hydrogen) atoms. The number of amides is 1. The monoisotopic (exact) mass is 351 g/mol. The van der Waals surface area contributed by atoms with Gasteiger partial charge in [-0.15, -0.1) is 0 Å². The fourth-order valence-corrected chi connectivity index (χ4v) is 2.94. The lowest BCUT2D eigenvalue weighted by Crippen LogP contribution is -2.23. The highest BCUT2D eigenvalue weighted by molar-refractivity contribution is 7.89. The first-order valence-corrected chi connectivity index (χ1v) is 8.19. The Labute approximate surface area is 139 Å². The van der Waals surface area contributed by atoms with Crippen molar-refractivity contribution in [2.45, 2.75) is 4.90 Å². The second-order valence-electron chi connectivity index (χ2n) is 4.90. The average molecular weight is 351 g/mol. The van der Waals surface area contributed by atoms with Gasteiger partial charge in [0.1, 0.15) is 10.6 Å². The third-order valence-corrected chi connectivity index (χ3v) is 4.96. The molecule has 10 heteroatoms. The van der Waals surface area contributed by atoms with Crippen LogP contribution in [0, 0.1) is 0 Å². The Morgan fingerprint density at radius 2 is 1.92 bits per heavy atom. The van der Waals surface area contributed by atoms with Crippen LogP contribution < -0.4 is 15.8 Å². The quantitative estimate of drug-likeness (QED) is 0.806. The zero-order chi connectivity index (χ0) is 17.9. The summed E-state index contributed by atoms with van der Waals surface area (Å²) < 4.78 is 30.9. The molecule has 3 N–H and O–H groups in total. The molecule has 0 unspecified atom stereocenters. The summed E-state index contributed by atoms with van der Waals surface area (Å²) in [6.07, 6.45) is 2.70. The maximum Gasteiger partial charge on any atom is 0.278 e. The lowest BCUT2D eigenvalue weighted by molar-refractivity contribution is 0.102. The third kappa shape index (κ3) is 3.44. The van der Waals surface area contributed by atoms with E-state index >= 15 is 0 Å². The van der Waals surface area contributed by atoms with Crippen molar-refractivity contribution in [3.63, 3.8) is 0 Å². The lowest BCUT2D eigenvalue weighted by Gasteiger charge is -2.16. The Morgan fingerprint density at radius 1 is 1.25 bits per heavy atom. The highest BCUT2D eigenvalue weighted by Gasteiger charge is 2.23. The Balaban J connectivity index is 2.40. The number of rotatable bonds is 5. The molecule has 0 aliphatic rings. The number of hydrogen-bond acceptors (Lipinski definition) is 7. The van der Waals surface area contributed by atoms with Gasteiger partial charge in [0.2, 0.25) is 10.0 Å². The minimum Gasteiger partial charge on any atom is -0.495 e. The molecule has 0 saturated heterocycles. The van der Waals surface area contributed by atoms with Crippen LogP contribution in [0.5, 0.6) is 5.75 Å². The van der Waals surface area contributed by atoms with E-state index in [1.54, 1.807) is 0 Å². The van der Waals surface area contributed by atoms with Crippen molar-refractivity contribution in [2.24, 2.45) is 0 Å². The van der Waals surface area contributed by atoms with Crippen LogP contribution in [0.1, 0.15) is 10.5 Å². The first-order valence-electron chi connectivity index (χ1n) is 6.75. The molecule has 0 atom stereocenters. The minimum atomic E-state index is -3.75. The molecule has 1 aromatic carbocycles. The number of sulfonamides is 1. The predicted molar refractivity (Wildman–Crippen MR) is 88.3 cm³/mol. The SMILES string of the molecule is COc1ccc(NC(=O)c2nccnc2N)cc1S(=O)(=O)N(C)C. The Morgan fingerprint density at radius 3 is 2.50 bits per heavy atom. The molecule has 0 aliphatic carbocycles. The maximum absolute atomic E-state index is 12.4. The second kappa shape index (κ2) is 6.81. The molecule has 2 aromatic rings. The number of benzene rings is 1. The van der Waals surface area contributed by atoms with E-state index in [2.05, 4.69) is 15.3 Å². The van der Waals surface area contributed by atoms with Crippen LogP contribution in [-0.4, -0.2) is 49.8 Å². The number of carbonyl (C=O) groups is 1. The van der Waals surface area contributed by atoms with Gasteiger partial charge < -0.3 is 15.8 Å². The Hall–Kier alpha value is -2.72. The van der Waals surface area contributed by atoms with Gasteiger partial charge in [-0.1, -0.05) is 0 Å². The van der Waals surface area contributed by atoms with Gasteiger partial charge in [-0.2, -0.15) is 0 Å². The van der Waals surface area contributed by atoms with Gasteiger partial charge in [0, 0.05) is 32.2 Å². The first-order chi connectivity index (χ1) is 11.3. The normalized spacial score (nSPS) is 11.3. The van der Waals surface area contributed by atoms with E-state index in [4.69, 9.17) is 10.5 Å². The smallest absolute Gasteiger partial charge is 0.278 e. The van der Waals surface area contributed by atoms with Crippen molar-refractivity contribution >= 4 is 27.4 Å². The van der Waals surface area contributed by atoms with Crippen molar-refractivity contribution in [2.75, 3.05) is 32.3 Å². The lowest BCUT2D eigenvalue weighted by atomic mass is 10.3. The molecule has 9 nitrogen and oxygen atoms in total. The van der Waals surface area contributed by atoms with Crippen LogP contribution in [0.2, 0.25) is 0 Å². The molecule has 2 rings (SSSR count). The summed E-state index contributed by atoms with van der Waals surface area (Å²) in [5.41, 5.74) is 5.81. The number of nitrogens with one attached hydrogen (secondary N) is 1. The summed E-state index contributed by atoms with van der Waals surface area (Å²) in [5.74, 6) is -0.454. The number of ether oxygens (including phenoxy) is 1. The highest BCUT2D eigenvalue weighted by atomic mass is 32.2. The molecule has 0 fully saturated rings. The molecule has 1 heterocycles. The minimum absolute atomic E-state index is 0.0235. The fourth-order valence-electron chi connectivity index (χ4n) is 1.87. The summed E-state index contributed by atoms with van der Waals surface area (Å²) in [6, 6.07) is 4.27. The third-order valence-electron chi connectivity index (χ3n) is 3.12. The van der Waals surface area contributed by atoms with E-state index in [1.807, 2.05) is 0 Å². The summed E-state index contributed by atoms with van der Waals surface area (Å²) in [5, 5.41) is 2.54. The Kier molecular flexibility index (Phi) is 5.00. The zero-order valence-corrected chi connectivity index (χ0v) is 14.2. The topological polar surface area (TPSA) is 128 Å². The van der Waals surface area contributed by atoms with Crippen LogP contribution in [0.3, 0.4) is 0 Å². The summed E-state index contributed by atoms with van der Waals surface area (Å²) in [6.45, 7) is 0. The molecule has 0 radical (unpaired) electrons. The van der Waals surface area contributed by atoms with Crippen molar-refractivity contribution in [1.29, 1.82) is 0 Å². The molecule has 0 spiro atoms. The van der Waals surface area contributed by atoms with Crippen LogP contribution >= 0.6 is 0 Å². The van der Waals surface area contributed by atoms with Crippen molar-refractivity contribution < 1.29 is 17.9 Å². The maximum atomic E-state index is 12.4. The molecule has 0 bridgehead atoms. The molecule has 1 amide bonds. The molecule has 1 aromatic heterocycles. The van der Waals surface area contributed by atoms with Gasteiger partial charge in [0.15, 0.2) is 11.5 Å². The van der Waals surface area contributed by atoms with E-state index in [-0.39, 0.29) is 27.8 Å². The number of nitrogens with two attached hydrogens (primary N) is 1. The number of nitrogens with zero attached hydrogens (tertiary/aromatic N) is 3. The van der Waals surface area contributed by atoms with Gasteiger partial charge in [-0.05, 0) is 18.2 Å². The van der Waals surface area contributed by atoms with E-state index in [0.717, 1.165) is 4.31 Å². The molecular weight excluding hydrogens is 334 g/mol. The fraction of sp³-hybridized carbons (Fsp3) is 0.214. The average Bonchev–Trinajstić information content (AvgIpc) is 2.54. The van der Waals surface area contributed by atoms with Gasteiger partial charge in [-0.25, -0.2) is 22.7 Å². The highest BCUT2D eigenvalue weighted by Crippen LogP contribution is 2.29. The summed E-state index contributed by atoms with van der Waals surface area (Å²) >= 11 is 0. The first kappa shape index (κ1) is 17.6. The van der Waals surface area contributed by atoms with Gasteiger partial charge >= 0.3 is 0 Å². The van der Waals surface area contributed by atoms with E-state index in [1.165, 1.54) is 51.8 Å². The van der Waals surface area contributed by atoms with Gasteiger partial charge in [0.25, 0.3) is 5.91 Å². The van der Waals surface area contributed by atoms with Crippen LogP contribution in [0.4, 0.5) is 11.5 Å². The summed E-state index contributed by atoms with van der Waals surface area (Å²) in [7, 11) is 0.423. The van der Waals surface area contributed by atoms with E-state index < -0.39 is 15.9 Å². The largest absolute Gasteiger partial charge is 0.495 e. The number of methoxy groups -OCH3 is 1. The number of nitrogen functional groups attached to an aromatic ring is 1. The van der Waals surface area contributed by atoms with Crippen LogP contribution in [0.15, 0.2) is 35.5 Å². The number of aromatic nitrogens is 2. The molecule has 128 valence electrons. The molecule has 0 saturated carbocycles.